The lowest BCUT2D eigenvalue weighted by Gasteiger charge is -2.00. The molecule has 0 saturated carbocycles. The Morgan fingerprint density at radius 1 is 1.19 bits per heavy atom. The lowest BCUT2D eigenvalue weighted by Crippen LogP contribution is -2.22. The highest BCUT2D eigenvalue weighted by molar-refractivity contribution is 9.13. The van der Waals surface area contributed by atoms with Crippen molar-refractivity contribution in [3.63, 3.8) is 0 Å². The quantitative estimate of drug-likeness (QED) is 0.718. The van der Waals surface area contributed by atoms with Gasteiger partial charge in [-0.25, -0.2) is 0 Å². The molecule has 2 N–H and O–H groups in total. The van der Waals surface area contributed by atoms with Crippen molar-refractivity contribution in [2.24, 2.45) is 0 Å². The van der Waals surface area contributed by atoms with E-state index in [4.69, 9.17) is 0 Å². The van der Waals surface area contributed by atoms with Crippen LogP contribution in [0.2, 0.25) is 0 Å². The van der Waals surface area contributed by atoms with E-state index >= 15 is 0 Å². The van der Waals surface area contributed by atoms with Crippen LogP contribution in [0.1, 0.15) is 0 Å². The van der Waals surface area contributed by atoms with Crippen LogP contribution < -0.4 is 11.0 Å². The fraction of sp³-hybridized carbons (Fsp3) is 0. The predicted molar refractivity (Wildman–Crippen MR) is 67.9 cm³/mol. The van der Waals surface area contributed by atoms with Gasteiger partial charge >= 0.3 is 0 Å². The predicted octanol–water partition coefficient (Wildman–Crippen LogP) is 2.12. The highest BCUT2D eigenvalue weighted by atomic mass is 79.9. The Bertz CT molecular complexity index is 694. The number of benzene rings is 1. The van der Waals surface area contributed by atoms with Gasteiger partial charge in [0.05, 0.1) is 10.9 Å². The Kier molecular flexibility index (Phi) is 2.86. The van der Waals surface area contributed by atoms with E-state index in [1.807, 2.05) is 0 Å². The highest BCUT2D eigenvalue weighted by Gasteiger charge is 2.08. The Balaban J connectivity index is 3.17. The Labute approximate surface area is 106 Å². The zero-order valence-electron chi connectivity index (χ0n) is 7.75. The van der Waals surface area contributed by atoms with Gasteiger partial charge in [-0.15, -0.1) is 0 Å². The van der Waals surface area contributed by atoms with Crippen LogP contribution in [0.5, 0.6) is 5.75 Å². The number of aromatic amines is 1. The second kappa shape index (κ2) is 4.03. The number of aromatic nitrogens is 1. The first-order valence-electron chi connectivity index (χ1n) is 4.25. The van der Waals surface area contributed by atoms with Gasteiger partial charge in [-0.3, -0.25) is 9.59 Å². The van der Waals surface area contributed by atoms with Crippen LogP contribution in [-0.4, -0.2) is 10.1 Å². The minimum Gasteiger partial charge on any atom is -0.507 e. The monoisotopic (exact) mass is 345 g/mol. The number of halogens is 2. The normalized spacial score (nSPS) is 10.6. The minimum atomic E-state index is -0.781. The number of nitrogens with one attached hydrogen (secondary N) is 1. The summed E-state index contributed by atoms with van der Waals surface area (Å²) in [6.45, 7) is 0. The molecular weight excluding hydrogens is 342 g/mol. The van der Waals surface area contributed by atoms with E-state index in [0.717, 1.165) is 10.5 Å². The molecule has 0 bridgehead atoms. The van der Waals surface area contributed by atoms with Crippen molar-refractivity contribution < 1.29 is 5.11 Å². The second-order valence-electron chi connectivity index (χ2n) is 3.13. The van der Waals surface area contributed by atoms with Gasteiger partial charge in [-0.05, 0) is 44.0 Å². The summed E-state index contributed by atoms with van der Waals surface area (Å²) in [5, 5.41) is 10.1. The van der Waals surface area contributed by atoms with Crippen molar-refractivity contribution in [3.05, 3.63) is 47.7 Å². The number of hydrogen-bond donors (Lipinski definition) is 2. The number of H-pyrrole nitrogens is 1. The maximum absolute atomic E-state index is 11.3. The summed E-state index contributed by atoms with van der Waals surface area (Å²) in [5.41, 5.74) is -1.16. The van der Waals surface area contributed by atoms with Gasteiger partial charge in [0.1, 0.15) is 5.75 Å². The first kappa shape index (κ1) is 11.3. The smallest absolute Gasteiger partial charge is 0.296 e. The summed E-state index contributed by atoms with van der Waals surface area (Å²) in [4.78, 5) is 24.9. The molecule has 1 heterocycles. The van der Waals surface area contributed by atoms with Gasteiger partial charge in [0.2, 0.25) is 5.43 Å². The third-order valence-electron chi connectivity index (χ3n) is 2.09. The molecule has 1 aromatic carbocycles. The van der Waals surface area contributed by atoms with E-state index in [2.05, 4.69) is 36.8 Å². The zero-order valence-corrected chi connectivity index (χ0v) is 10.9. The molecule has 2 aromatic rings. The molecule has 4 nitrogen and oxygen atoms in total. The highest BCUT2D eigenvalue weighted by Crippen LogP contribution is 2.34. The number of rotatable bonds is 0. The van der Waals surface area contributed by atoms with E-state index in [0.29, 0.717) is 15.4 Å². The molecule has 6 heteroatoms. The molecular formula is C10H5Br2NO3. The van der Waals surface area contributed by atoms with E-state index in [1.165, 1.54) is 0 Å². The summed E-state index contributed by atoms with van der Waals surface area (Å²) in [7, 11) is 0. The third-order valence-corrected chi connectivity index (χ3v) is 4.11. The number of fused-ring (bicyclic) bond motifs is 1. The molecule has 82 valence electrons. The number of aromatic hydroxyl groups is 1. The van der Waals surface area contributed by atoms with E-state index in [-0.39, 0.29) is 5.75 Å². The fourth-order valence-corrected chi connectivity index (χ4v) is 2.23. The van der Waals surface area contributed by atoms with Gasteiger partial charge < -0.3 is 10.1 Å². The summed E-state index contributed by atoms with van der Waals surface area (Å²) in [6.07, 6.45) is 0. The minimum absolute atomic E-state index is 0.244. The summed E-state index contributed by atoms with van der Waals surface area (Å²) >= 11 is 6.55. The molecule has 0 saturated heterocycles. The van der Waals surface area contributed by atoms with Gasteiger partial charge in [-0.2, -0.15) is 0 Å². The van der Waals surface area contributed by atoms with Crippen LogP contribution in [-0.2, 0) is 0 Å². The van der Waals surface area contributed by atoms with Crippen LogP contribution in [0.15, 0.2) is 36.7 Å². The van der Waals surface area contributed by atoms with Crippen LogP contribution >= 0.6 is 31.9 Å². The molecule has 0 aliphatic rings. The van der Waals surface area contributed by atoms with Crippen molar-refractivity contribution in [1.82, 2.24) is 4.98 Å². The SMILES string of the molecule is O=c1cc(O)c2c(Br)c(Br)ccc2[nH]c1=O. The summed E-state index contributed by atoms with van der Waals surface area (Å²) < 4.78 is 1.29. The van der Waals surface area contributed by atoms with Crippen LogP contribution in [0.25, 0.3) is 10.9 Å². The van der Waals surface area contributed by atoms with Gasteiger partial charge in [0.15, 0.2) is 0 Å². The first-order chi connectivity index (χ1) is 7.50. The van der Waals surface area contributed by atoms with E-state index in [9.17, 15) is 14.7 Å². The standard InChI is InChI=1S/C10H5Br2NO3/c11-4-1-2-5-8(9(4)12)6(14)3-7(15)10(16)13-5/h1-3,14H,(H,13,15,16). The molecule has 0 fully saturated rings. The number of hydrogen-bond acceptors (Lipinski definition) is 3. The zero-order chi connectivity index (χ0) is 11.9. The van der Waals surface area contributed by atoms with E-state index < -0.39 is 11.0 Å². The first-order valence-corrected chi connectivity index (χ1v) is 5.83. The Morgan fingerprint density at radius 3 is 2.56 bits per heavy atom. The van der Waals surface area contributed by atoms with Gasteiger partial charge in [0.25, 0.3) is 5.56 Å². The molecule has 2 rings (SSSR count). The fourth-order valence-electron chi connectivity index (χ4n) is 1.35. The van der Waals surface area contributed by atoms with Crippen molar-refractivity contribution in [2.75, 3.05) is 0 Å². The molecule has 0 unspecified atom stereocenters. The molecule has 1 aromatic heterocycles. The Hall–Kier alpha value is -1.14. The van der Waals surface area contributed by atoms with Crippen LogP contribution in [0.3, 0.4) is 0 Å². The molecule has 0 radical (unpaired) electrons. The molecule has 0 spiro atoms. The molecule has 0 amide bonds. The average molecular weight is 347 g/mol. The van der Waals surface area contributed by atoms with Crippen molar-refractivity contribution in [3.8, 4) is 5.75 Å². The largest absolute Gasteiger partial charge is 0.507 e. The van der Waals surface area contributed by atoms with Gasteiger partial charge in [-0.1, -0.05) is 0 Å². The Morgan fingerprint density at radius 2 is 1.88 bits per heavy atom. The lowest BCUT2D eigenvalue weighted by molar-refractivity contribution is 0.481. The molecule has 0 aliphatic heterocycles. The molecule has 16 heavy (non-hydrogen) atoms. The topological polar surface area (TPSA) is 70.2 Å². The second-order valence-corrected chi connectivity index (χ2v) is 4.78. The van der Waals surface area contributed by atoms with Gasteiger partial charge in [0, 0.05) is 15.0 Å². The van der Waals surface area contributed by atoms with Crippen molar-refractivity contribution in [1.29, 1.82) is 0 Å². The average Bonchev–Trinajstić information content (AvgIpc) is 2.32. The maximum atomic E-state index is 11.3. The molecule has 0 aliphatic carbocycles. The summed E-state index contributed by atoms with van der Waals surface area (Å²) in [6, 6.07) is 4.20. The maximum Gasteiger partial charge on any atom is 0.296 e. The van der Waals surface area contributed by atoms with Crippen LogP contribution in [0, 0.1) is 0 Å². The molecule has 0 atom stereocenters. The van der Waals surface area contributed by atoms with E-state index in [1.54, 1.807) is 12.1 Å². The lowest BCUT2D eigenvalue weighted by atomic mass is 10.2. The third kappa shape index (κ3) is 1.78. The summed E-state index contributed by atoms with van der Waals surface area (Å²) in [5.74, 6) is -0.244. The van der Waals surface area contributed by atoms with Crippen molar-refractivity contribution >= 4 is 42.8 Å². The van der Waals surface area contributed by atoms with Crippen molar-refractivity contribution in [2.45, 2.75) is 0 Å². The van der Waals surface area contributed by atoms with Crippen LogP contribution in [0.4, 0.5) is 0 Å².